The van der Waals surface area contributed by atoms with E-state index in [1.54, 1.807) is 0 Å². The van der Waals surface area contributed by atoms with Crippen molar-refractivity contribution in [3.05, 3.63) is 192 Å². The van der Waals surface area contributed by atoms with Gasteiger partial charge in [0.15, 0.2) is 0 Å². The second-order valence-corrected chi connectivity index (χ2v) is 13.7. The maximum absolute atomic E-state index is 2.48. The Kier molecular flexibility index (Phi) is 7.28. The normalized spacial score (nSPS) is 15.2. The SMILES string of the molecule is CC(c1ccccc1)(c1ccc(-c2ccccc2)cc1)c1ccc(-c2ccc3c(c2)c2c4c(ccc2n3C2=CCCC=C2)CCC=C4)cc1. The number of nitrogens with zero attached hydrogens (tertiary/aromatic N) is 1. The van der Waals surface area contributed by atoms with E-state index in [-0.39, 0.29) is 5.41 Å². The number of rotatable bonds is 6. The van der Waals surface area contributed by atoms with Gasteiger partial charge >= 0.3 is 0 Å². The summed E-state index contributed by atoms with van der Waals surface area (Å²) in [4.78, 5) is 0. The van der Waals surface area contributed by atoms with Crippen molar-refractivity contribution in [2.45, 2.75) is 38.0 Å². The molecule has 1 heterocycles. The van der Waals surface area contributed by atoms with Crippen LogP contribution in [-0.4, -0.2) is 4.57 Å². The van der Waals surface area contributed by atoms with E-state index in [1.807, 2.05) is 0 Å². The summed E-state index contributed by atoms with van der Waals surface area (Å²) in [5.41, 5.74) is 15.2. The van der Waals surface area contributed by atoms with Gasteiger partial charge in [0, 0.05) is 21.9 Å². The van der Waals surface area contributed by atoms with E-state index < -0.39 is 0 Å². The van der Waals surface area contributed by atoms with Gasteiger partial charge in [-0.05, 0) is 107 Å². The maximum atomic E-state index is 2.48. The molecule has 0 aliphatic heterocycles. The van der Waals surface area contributed by atoms with Gasteiger partial charge in [0.05, 0.1) is 11.0 Å². The molecule has 1 unspecified atom stereocenters. The molecule has 0 saturated carbocycles. The number of fused-ring (bicyclic) bond motifs is 5. The first kappa shape index (κ1) is 29.5. The molecule has 49 heavy (non-hydrogen) atoms. The van der Waals surface area contributed by atoms with Crippen LogP contribution < -0.4 is 0 Å². The number of allylic oxidation sites excluding steroid dienone is 5. The number of aromatic nitrogens is 1. The highest BCUT2D eigenvalue weighted by Crippen LogP contribution is 2.42. The molecule has 0 amide bonds. The zero-order valence-corrected chi connectivity index (χ0v) is 27.9. The molecule has 1 nitrogen and oxygen atoms in total. The number of hydrogen-bond donors (Lipinski definition) is 0. The first-order valence-corrected chi connectivity index (χ1v) is 17.6. The molecule has 0 spiro atoms. The quantitative estimate of drug-likeness (QED) is 0.161. The van der Waals surface area contributed by atoms with Crippen LogP contribution in [0.25, 0.3) is 55.8 Å². The monoisotopic (exact) mass is 629 g/mol. The van der Waals surface area contributed by atoms with Crippen LogP contribution in [0.5, 0.6) is 0 Å². The third kappa shape index (κ3) is 5.00. The topological polar surface area (TPSA) is 4.93 Å². The Morgan fingerprint density at radius 1 is 0.510 bits per heavy atom. The minimum absolute atomic E-state index is 0.307. The molecule has 9 rings (SSSR count). The smallest absolute Gasteiger partial charge is 0.0547 e. The molecule has 0 radical (unpaired) electrons. The van der Waals surface area contributed by atoms with Crippen molar-refractivity contribution in [1.29, 1.82) is 0 Å². The van der Waals surface area contributed by atoms with Gasteiger partial charge in [-0.1, -0.05) is 146 Å². The Balaban J connectivity index is 1.15. The standard InChI is InChI=1S/C48H39N/c1-48(39-16-7-3-8-17-39,40-27-21-35(22-28-40)34-13-5-2-6-14-34)41-29-23-36(24-30-41)38-26-31-45-44(33-38)47-43-20-12-11-15-37(43)25-32-46(47)49(45)42-18-9-4-10-19-42/h2-3,5-9,12-14,16-33H,4,10-11,15H2,1H3. The average molecular weight is 630 g/mol. The lowest BCUT2D eigenvalue weighted by molar-refractivity contribution is 0.693. The Morgan fingerprint density at radius 3 is 1.80 bits per heavy atom. The van der Waals surface area contributed by atoms with Gasteiger partial charge in [-0.3, -0.25) is 0 Å². The zero-order valence-electron chi connectivity index (χ0n) is 27.9. The van der Waals surface area contributed by atoms with E-state index in [9.17, 15) is 0 Å². The second kappa shape index (κ2) is 12.1. The number of aryl methyl sites for hydroxylation is 1. The highest BCUT2D eigenvalue weighted by molar-refractivity contribution is 6.15. The van der Waals surface area contributed by atoms with Crippen LogP contribution in [0.4, 0.5) is 0 Å². The molecule has 2 aliphatic carbocycles. The van der Waals surface area contributed by atoms with Gasteiger partial charge < -0.3 is 4.57 Å². The van der Waals surface area contributed by atoms with Crippen LogP contribution in [-0.2, 0) is 11.8 Å². The lowest BCUT2D eigenvalue weighted by Crippen LogP contribution is -2.25. The molecule has 7 aromatic rings. The third-order valence-electron chi connectivity index (χ3n) is 10.9. The van der Waals surface area contributed by atoms with Crippen LogP contribution in [0, 0.1) is 0 Å². The van der Waals surface area contributed by atoms with Crippen LogP contribution in [0.15, 0.2) is 164 Å². The molecule has 2 aliphatic rings. The van der Waals surface area contributed by atoms with Crippen molar-refractivity contribution < 1.29 is 0 Å². The van der Waals surface area contributed by atoms with Gasteiger partial charge in [-0.2, -0.15) is 0 Å². The molecular formula is C48H39N. The van der Waals surface area contributed by atoms with Gasteiger partial charge in [-0.25, -0.2) is 0 Å². The summed E-state index contributed by atoms with van der Waals surface area (Å²) in [6.45, 7) is 2.36. The lowest BCUT2D eigenvalue weighted by Gasteiger charge is -2.32. The predicted molar refractivity (Wildman–Crippen MR) is 209 cm³/mol. The highest BCUT2D eigenvalue weighted by atomic mass is 15.0. The average Bonchev–Trinajstić information content (AvgIpc) is 3.53. The molecule has 236 valence electrons. The van der Waals surface area contributed by atoms with Crippen molar-refractivity contribution >= 4 is 33.6 Å². The third-order valence-corrected chi connectivity index (χ3v) is 10.9. The summed E-state index contributed by atoms with van der Waals surface area (Å²) in [5.74, 6) is 0. The van der Waals surface area contributed by atoms with Crippen molar-refractivity contribution in [2.75, 3.05) is 0 Å². The summed E-state index contributed by atoms with van der Waals surface area (Å²) in [6, 6.07) is 51.8. The van der Waals surface area contributed by atoms with Crippen LogP contribution in [0.1, 0.15) is 54.0 Å². The summed E-state index contributed by atoms with van der Waals surface area (Å²) < 4.78 is 2.48. The van der Waals surface area contributed by atoms with Crippen LogP contribution >= 0.6 is 0 Å². The summed E-state index contributed by atoms with van der Waals surface area (Å²) in [6.07, 6.45) is 16.1. The molecular weight excluding hydrogens is 591 g/mol. The van der Waals surface area contributed by atoms with E-state index in [2.05, 4.69) is 181 Å². The molecule has 0 N–H and O–H groups in total. The maximum Gasteiger partial charge on any atom is 0.0547 e. The molecule has 0 saturated heterocycles. The Labute approximate surface area is 289 Å². The number of benzene rings is 6. The lowest BCUT2D eigenvalue weighted by atomic mass is 9.70. The molecule has 0 fully saturated rings. The van der Waals surface area contributed by atoms with E-state index in [0.29, 0.717) is 0 Å². The predicted octanol–water partition coefficient (Wildman–Crippen LogP) is 12.6. The van der Waals surface area contributed by atoms with E-state index in [1.165, 1.54) is 77.6 Å². The molecule has 1 aromatic heterocycles. The largest absolute Gasteiger partial charge is 0.310 e. The van der Waals surface area contributed by atoms with Crippen molar-refractivity contribution in [3.63, 3.8) is 0 Å². The minimum Gasteiger partial charge on any atom is -0.310 e. The van der Waals surface area contributed by atoms with E-state index in [0.717, 1.165) is 25.7 Å². The van der Waals surface area contributed by atoms with Crippen molar-refractivity contribution in [2.24, 2.45) is 0 Å². The molecule has 1 heteroatoms. The summed E-state index contributed by atoms with van der Waals surface area (Å²) in [5, 5.41) is 2.70. The first-order valence-electron chi connectivity index (χ1n) is 17.6. The molecule has 0 bridgehead atoms. The van der Waals surface area contributed by atoms with Crippen LogP contribution in [0.3, 0.4) is 0 Å². The van der Waals surface area contributed by atoms with Gasteiger partial charge in [0.1, 0.15) is 0 Å². The fourth-order valence-corrected chi connectivity index (χ4v) is 8.15. The fraction of sp³-hybridized carbons (Fsp3) is 0.125. The van der Waals surface area contributed by atoms with Gasteiger partial charge in [-0.15, -0.1) is 0 Å². The van der Waals surface area contributed by atoms with Crippen molar-refractivity contribution in [3.8, 4) is 22.3 Å². The van der Waals surface area contributed by atoms with E-state index >= 15 is 0 Å². The van der Waals surface area contributed by atoms with E-state index in [4.69, 9.17) is 0 Å². The Hall–Kier alpha value is -5.66. The zero-order chi connectivity index (χ0) is 32.8. The Bertz CT molecular complexity index is 2400. The van der Waals surface area contributed by atoms with Gasteiger partial charge in [0.25, 0.3) is 0 Å². The molecule has 1 atom stereocenters. The van der Waals surface area contributed by atoms with Gasteiger partial charge in [0.2, 0.25) is 0 Å². The summed E-state index contributed by atoms with van der Waals surface area (Å²) in [7, 11) is 0. The Morgan fingerprint density at radius 2 is 1.10 bits per heavy atom. The molecule has 6 aromatic carbocycles. The number of hydrogen-bond acceptors (Lipinski definition) is 0. The fourth-order valence-electron chi connectivity index (χ4n) is 8.15. The van der Waals surface area contributed by atoms with Crippen molar-refractivity contribution in [1.82, 2.24) is 4.57 Å². The second-order valence-electron chi connectivity index (χ2n) is 13.7. The first-order chi connectivity index (χ1) is 24.2. The highest BCUT2D eigenvalue weighted by Gasteiger charge is 2.31. The summed E-state index contributed by atoms with van der Waals surface area (Å²) >= 11 is 0. The van der Waals surface area contributed by atoms with Crippen LogP contribution in [0.2, 0.25) is 0 Å². The minimum atomic E-state index is -0.307.